The number of nitrogens with zero attached hydrogens (tertiary/aromatic N) is 2. The third kappa shape index (κ3) is 3.78. The summed E-state index contributed by atoms with van der Waals surface area (Å²) < 4.78 is 18.8. The van der Waals surface area contributed by atoms with Crippen LogP contribution in [0.25, 0.3) is 11.1 Å². The van der Waals surface area contributed by atoms with E-state index in [0.717, 1.165) is 40.4 Å². The quantitative estimate of drug-likeness (QED) is 0.477. The van der Waals surface area contributed by atoms with Gasteiger partial charge in [-0.25, -0.2) is 14.4 Å². The molecule has 146 valence electrons. The van der Waals surface area contributed by atoms with Gasteiger partial charge in [0.2, 0.25) is 0 Å². The normalized spacial score (nSPS) is 13.7. The van der Waals surface area contributed by atoms with Crippen LogP contribution in [-0.4, -0.2) is 15.9 Å². The van der Waals surface area contributed by atoms with Crippen molar-refractivity contribution < 1.29 is 13.6 Å². The number of carbonyl (C=O) groups excluding carboxylic acids is 1. The molecule has 0 saturated heterocycles. The zero-order valence-corrected chi connectivity index (χ0v) is 16.6. The summed E-state index contributed by atoms with van der Waals surface area (Å²) in [4.78, 5) is 22.4. The van der Waals surface area contributed by atoms with E-state index >= 15 is 0 Å². The van der Waals surface area contributed by atoms with Crippen LogP contribution >= 0.6 is 11.3 Å². The van der Waals surface area contributed by atoms with E-state index in [1.54, 1.807) is 12.1 Å². The molecule has 7 heteroatoms. The maximum atomic E-state index is 13.1. The van der Waals surface area contributed by atoms with Gasteiger partial charge in [-0.15, -0.1) is 11.3 Å². The number of aromatic nitrogens is 2. The Balaban J connectivity index is 1.33. The van der Waals surface area contributed by atoms with Gasteiger partial charge < -0.3 is 9.73 Å². The van der Waals surface area contributed by atoms with Crippen LogP contribution in [0.1, 0.15) is 50.6 Å². The van der Waals surface area contributed by atoms with E-state index in [4.69, 9.17) is 4.42 Å². The molecule has 2 aromatic carbocycles. The highest BCUT2D eigenvalue weighted by Crippen LogP contribution is 2.40. The Bertz CT molecular complexity index is 1210. The molecule has 1 aliphatic rings. The topological polar surface area (TPSA) is 68.0 Å². The van der Waals surface area contributed by atoms with Crippen molar-refractivity contribution in [1.29, 1.82) is 0 Å². The molecule has 0 spiro atoms. The monoisotopic (exact) mass is 407 g/mol. The van der Waals surface area contributed by atoms with Gasteiger partial charge in [0.1, 0.15) is 16.2 Å². The van der Waals surface area contributed by atoms with E-state index in [1.165, 1.54) is 23.5 Å². The lowest BCUT2D eigenvalue weighted by Crippen LogP contribution is -2.11. The summed E-state index contributed by atoms with van der Waals surface area (Å²) in [5.74, 6) is 0.764. The summed E-state index contributed by atoms with van der Waals surface area (Å²) >= 11 is 1.35. The Morgan fingerprint density at radius 2 is 2.00 bits per heavy atom. The van der Waals surface area contributed by atoms with E-state index in [2.05, 4.69) is 15.3 Å². The summed E-state index contributed by atoms with van der Waals surface area (Å²) in [6.07, 6.45) is 2.82. The van der Waals surface area contributed by atoms with Crippen molar-refractivity contribution in [1.82, 2.24) is 9.97 Å². The highest BCUT2D eigenvalue weighted by atomic mass is 32.1. The molecule has 0 bridgehead atoms. The molecule has 29 heavy (non-hydrogen) atoms. The molecule has 2 heterocycles. The molecule has 1 saturated carbocycles. The van der Waals surface area contributed by atoms with Crippen molar-refractivity contribution in [2.45, 2.75) is 32.1 Å². The predicted octanol–water partition coefficient (Wildman–Crippen LogP) is 5.45. The molecular weight excluding hydrogens is 389 g/mol. The van der Waals surface area contributed by atoms with Crippen LogP contribution in [0.15, 0.2) is 46.9 Å². The second-order valence-electron chi connectivity index (χ2n) is 7.29. The molecule has 1 N–H and O–H groups in total. The average molecular weight is 407 g/mol. The number of hydrogen-bond donors (Lipinski definition) is 1. The minimum atomic E-state index is -0.266. The Morgan fingerprint density at radius 1 is 1.21 bits per heavy atom. The van der Waals surface area contributed by atoms with E-state index in [-0.39, 0.29) is 11.7 Å². The third-order valence-electron chi connectivity index (χ3n) is 4.90. The van der Waals surface area contributed by atoms with Crippen LogP contribution in [0.4, 0.5) is 10.1 Å². The molecule has 1 fully saturated rings. The number of benzene rings is 2. The Hall–Kier alpha value is -3.06. The molecule has 0 unspecified atom stereocenters. The molecule has 0 radical (unpaired) electrons. The molecule has 5 rings (SSSR count). The predicted molar refractivity (Wildman–Crippen MR) is 110 cm³/mol. The maximum Gasteiger partial charge on any atom is 0.267 e. The van der Waals surface area contributed by atoms with Gasteiger partial charge in [-0.3, -0.25) is 4.79 Å². The molecule has 4 aromatic rings. The first-order valence-corrected chi connectivity index (χ1v) is 10.3. The van der Waals surface area contributed by atoms with Gasteiger partial charge in [-0.05, 0) is 55.7 Å². The van der Waals surface area contributed by atoms with Crippen LogP contribution in [-0.2, 0) is 6.42 Å². The molecule has 0 atom stereocenters. The summed E-state index contributed by atoms with van der Waals surface area (Å²) in [5.41, 5.74) is 3.80. The van der Waals surface area contributed by atoms with Gasteiger partial charge in [0.25, 0.3) is 5.91 Å². The number of amides is 1. The van der Waals surface area contributed by atoms with Crippen LogP contribution in [0.2, 0.25) is 0 Å². The smallest absolute Gasteiger partial charge is 0.267 e. The molecule has 2 aromatic heterocycles. The van der Waals surface area contributed by atoms with Crippen molar-refractivity contribution in [3.05, 3.63) is 75.3 Å². The van der Waals surface area contributed by atoms with E-state index < -0.39 is 0 Å². The van der Waals surface area contributed by atoms with Gasteiger partial charge in [-0.2, -0.15) is 0 Å². The minimum Gasteiger partial charge on any atom is -0.440 e. The number of oxazole rings is 1. The Labute approximate surface area is 170 Å². The number of nitrogens with one attached hydrogen (secondary N) is 1. The maximum absolute atomic E-state index is 13.1. The van der Waals surface area contributed by atoms with Crippen molar-refractivity contribution in [3.8, 4) is 0 Å². The van der Waals surface area contributed by atoms with Crippen LogP contribution in [0.5, 0.6) is 0 Å². The first-order valence-electron chi connectivity index (χ1n) is 9.48. The number of aryl methyl sites for hydroxylation is 1. The summed E-state index contributed by atoms with van der Waals surface area (Å²) in [6.45, 7) is 1.82. The fourth-order valence-electron chi connectivity index (χ4n) is 3.23. The van der Waals surface area contributed by atoms with Crippen LogP contribution in [0.3, 0.4) is 0 Å². The van der Waals surface area contributed by atoms with Gasteiger partial charge in [0.05, 0.1) is 10.7 Å². The summed E-state index contributed by atoms with van der Waals surface area (Å²) in [6, 6.07) is 11.8. The summed E-state index contributed by atoms with van der Waals surface area (Å²) in [7, 11) is 0. The second kappa shape index (κ2) is 7.08. The molecule has 0 aliphatic heterocycles. The second-order valence-corrected chi connectivity index (χ2v) is 8.37. The van der Waals surface area contributed by atoms with Gasteiger partial charge in [0, 0.05) is 18.0 Å². The first-order chi connectivity index (χ1) is 14.0. The number of halogens is 1. The number of hydrogen-bond acceptors (Lipinski definition) is 5. The lowest BCUT2D eigenvalue weighted by atomic mass is 10.1. The molecule has 5 nitrogen and oxygen atoms in total. The fraction of sp³-hybridized carbons (Fsp3) is 0.227. The van der Waals surface area contributed by atoms with E-state index in [0.29, 0.717) is 28.6 Å². The minimum absolute atomic E-state index is 0.199. The van der Waals surface area contributed by atoms with Crippen LogP contribution < -0.4 is 5.32 Å². The zero-order chi connectivity index (χ0) is 20.0. The number of carbonyl (C=O) groups is 1. The highest BCUT2D eigenvalue weighted by Gasteiger charge is 2.29. The van der Waals surface area contributed by atoms with Gasteiger partial charge in [-0.1, -0.05) is 12.1 Å². The number of fused-ring (bicyclic) bond motifs is 1. The van der Waals surface area contributed by atoms with E-state index in [9.17, 15) is 9.18 Å². The highest BCUT2D eigenvalue weighted by molar-refractivity contribution is 7.14. The average Bonchev–Trinajstić information content (AvgIpc) is 3.36. The Morgan fingerprint density at radius 3 is 2.76 bits per heavy atom. The van der Waals surface area contributed by atoms with Crippen molar-refractivity contribution in [2.24, 2.45) is 0 Å². The van der Waals surface area contributed by atoms with Crippen molar-refractivity contribution in [3.63, 3.8) is 0 Å². The zero-order valence-electron chi connectivity index (χ0n) is 15.7. The van der Waals surface area contributed by atoms with Crippen molar-refractivity contribution in [2.75, 3.05) is 5.32 Å². The SMILES string of the molecule is Cc1nc(Cc2ccc(F)cc2)sc1C(=O)Nc1ccc2oc(C3CC3)nc2c1. The lowest BCUT2D eigenvalue weighted by Gasteiger charge is -2.03. The number of anilines is 1. The Kier molecular flexibility index (Phi) is 4.39. The number of thiazole rings is 1. The van der Waals surface area contributed by atoms with Crippen LogP contribution in [0, 0.1) is 12.7 Å². The first kappa shape index (κ1) is 18.0. The summed E-state index contributed by atoms with van der Waals surface area (Å²) in [5, 5.41) is 3.75. The molecule has 1 aliphatic carbocycles. The third-order valence-corrected chi connectivity index (χ3v) is 6.06. The standard InChI is InChI=1S/C22H18FN3O2S/c1-12-20(29-19(24-12)10-13-2-6-15(23)7-3-13)21(27)25-16-8-9-18-17(11-16)26-22(28-18)14-4-5-14/h2-3,6-9,11,14H,4-5,10H2,1H3,(H,25,27). The molecule has 1 amide bonds. The van der Waals surface area contributed by atoms with Crippen molar-refractivity contribution >= 4 is 34.0 Å². The van der Waals surface area contributed by atoms with Gasteiger partial charge >= 0.3 is 0 Å². The van der Waals surface area contributed by atoms with E-state index in [1.807, 2.05) is 25.1 Å². The van der Waals surface area contributed by atoms with Gasteiger partial charge in [0.15, 0.2) is 11.5 Å². The fourth-order valence-corrected chi connectivity index (χ4v) is 4.23. The largest absolute Gasteiger partial charge is 0.440 e. The number of rotatable bonds is 5. The molecular formula is C22H18FN3O2S. The lowest BCUT2D eigenvalue weighted by molar-refractivity contribution is 0.103.